The second-order valence-corrected chi connectivity index (χ2v) is 5.08. The van der Waals surface area contributed by atoms with E-state index >= 15 is 0 Å². The predicted octanol–water partition coefficient (Wildman–Crippen LogP) is 3.79. The Balaban J connectivity index is 2.94. The number of nitrogens with zero attached hydrogens (tertiary/aromatic N) is 1. The normalized spacial score (nSPS) is 13.2. The van der Waals surface area contributed by atoms with Gasteiger partial charge in [-0.15, -0.1) is 11.6 Å². The number of benzene rings is 1. The van der Waals surface area contributed by atoms with Crippen LogP contribution in [0.4, 0.5) is 13.2 Å². The fraction of sp³-hybridized carbons (Fsp3) is 0.462. The first-order valence-electron chi connectivity index (χ1n) is 5.79. The van der Waals surface area contributed by atoms with Crippen LogP contribution in [0.2, 0.25) is 0 Å². The third-order valence-electron chi connectivity index (χ3n) is 2.67. The van der Waals surface area contributed by atoms with E-state index in [0.29, 0.717) is 13.0 Å². The van der Waals surface area contributed by atoms with Crippen LogP contribution in [0.5, 0.6) is 0 Å². The molecule has 1 aromatic rings. The number of hydrogen-bond donors (Lipinski definition) is 0. The summed E-state index contributed by atoms with van der Waals surface area (Å²) in [5.41, 5.74) is -1.24. The summed E-state index contributed by atoms with van der Waals surface area (Å²) < 4.78 is 38.4. The Morgan fingerprint density at radius 2 is 1.95 bits per heavy atom. The van der Waals surface area contributed by atoms with E-state index in [1.54, 1.807) is 6.92 Å². The minimum Gasteiger partial charge on any atom is -0.342 e. The first-order chi connectivity index (χ1) is 8.73. The Labute approximate surface area is 115 Å². The van der Waals surface area contributed by atoms with E-state index in [0.717, 1.165) is 6.07 Å². The molecule has 0 saturated carbocycles. The van der Waals surface area contributed by atoms with Gasteiger partial charge in [-0.05, 0) is 25.5 Å². The molecule has 0 aliphatic carbocycles. The lowest BCUT2D eigenvalue weighted by Gasteiger charge is -2.20. The molecular weight excluding hydrogens is 279 g/mol. The van der Waals surface area contributed by atoms with Gasteiger partial charge in [0.05, 0.1) is 11.1 Å². The van der Waals surface area contributed by atoms with Gasteiger partial charge >= 0.3 is 6.18 Å². The number of amides is 1. The van der Waals surface area contributed by atoms with E-state index in [1.807, 2.05) is 0 Å². The smallest absolute Gasteiger partial charge is 0.342 e. The summed E-state index contributed by atoms with van der Waals surface area (Å²) in [5, 5.41) is -0.131. The molecule has 1 amide bonds. The van der Waals surface area contributed by atoms with Gasteiger partial charge in [-0.2, -0.15) is 13.2 Å². The van der Waals surface area contributed by atoms with Gasteiger partial charge in [-0.1, -0.05) is 12.1 Å². The van der Waals surface area contributed by atoms with Crippen molar-refractivity contribution in [1.82, 2.24) is 4.90 Å². The molecule has 19 heavy (non-hydrogen) atoms. The molecule has 6 heteroatoms. The Hall–Kier alpha value is -1.23. The Morgan fingerprint density at radius 1 is 1.37 bits per heavy atom. The fourth-order valence-corrected chi connectivity index (χ4v) is 1.69. The summed E-state index contributed by atoms with van der Waals surface area (Å²) in [7, 11) is 1.47. The van der Waals surface area contributed by atoms with Gasteiger partial charge in [0, 0.05) is 19.0 Å². The summed E-state index contributed by atoms with van der Waals surface area (Å²) in [6, 6.07) is 4.78. The highest BCUT2D eigenvalue weighted by atomic mass is 35.5. The molecule has 2 nitrogen and oxygen atoms in total. The molecular formula is C13H15ClF3NO. The maximum Gasteiger partial charge on any atom is 0.417 e. The molecule has 0 fully saturated rings. The lowest BCUT2D eigenvalue weighted by Crippen LogP contribution is -2.30. The Bertz CT molecular complexity index is 446. The van der Waals surface area contributed by atoms with E-state index in [9.17, 15) is 18.0 Å². The van der Waals surface area contributed by atoms with Crippen molar-refractivity contribution < 1.29 is 18.0 Å². The van der Waals surface area contributed by atoms with E-state index in [1.165, 1.54) is 30.1 Å². The van der Waals surface area contributed by atoms with E-state index in [4.69, 9.17) is 11.6 Å². The van der Waals surface area contributed by atoms with Crippen molar-refractivity contribution in [3.63, 3.8) is 0 Å². The maximum absolute atomic E-state index is 12.8. The van der Waals surface area contributed by atoms with Crippen molar-refractivity contribution in [3.05, 3.63) is 35.4 Å². The molecule has 0 saturated heterocycles. The molecule has 0 N–H and O–H groups in total. The predicted molar refractivity (Wildman–Crippen MR) is 68.3 cm³/mol. The average molecular weight is 294 g/mol. The lowest BCUT2D eigenvalue weighted by atomic mass is 10.1. The lowest BCUT2D eigenvalue weighted by molar-refractivity contribution is -0.138. The third-order valence-corrected chi connectivity index (χ3v) is 2.89. The van der Waals surface area contributed by atoms with Crippen molar-refractivity contribution in [2.45, 2.75) is 24.9 Å². The third kappa shape index (κ3) is 4.42. The topological polar surface area (TPSA) is 20.3 Å². The molecule has 1 atom stereocenters. The number of hydrogen-bond acceptors (Lipinski definition) is 1. The Morgan fingerprint density at radius 3 is 2.47 bits per heavy atom. The van der Waals surface area contributed by atoms with Crippen LogP contribution in [0.1, 0.15) is 29.3 Å². The zero-order chi connectivity index (χ0) is 14.6. The number of rotatable bonds is 4. The van der Waals surface area contributed by atoms with Crippen LogP contribution in [0, 0.1) is 0 Å². The van der Waals surface area contributed by atoms with Gasteiger partial charge in [0.25, 0.3) is 5.91 Å². The van der Waals surface area contributed by atoms with Crippen LogP contribution in [0.15, 0.2) is 24.3 Å². The molecule has 0 spiro atoms. The molecule has 0 radical (unpaired) electrons. The van der Waals surface area contributed by atoms with Gasteiger partial charge in [-0.25, -0.2) is 0 Å². The van der Waals surface area contributed by atoms with Gasteiger partial charge in [0.15, 0.2) is 0 Å². The van der Waals surface area contributed by atoms with Crippen LogP contribution in [-0.4, -0.2) is 29.8 Å². The zero-order valence-corrected chi connectivity index (χ0v) is 11.4. The molecule has 1 aromatic carbocycles. The molecule has 106 valence electrons. The quantitative estimate of drug-likeness (QED) is 0.773. The molecule has 0 bridgehead atoms. The molecule has 1 rings (SSSR count). The first-order valence-corrected chi connectivity index (χ1v) is 6.23. The number of halogens is 4. The largest absolute Gasteiger partial charge is 0.417 e. The standard InChI is InChI=1S/C13H15ClF3NO/c1-9(14)7-8-18(2)12(19)10-5-3-4-6-11(10)13(15,16)17/h3-6,9H,7-8H2,1-2H3. The van der Waals surface area contributed by atoms with Crippen LogP contribution < -0.4 is 0 Å². The van der Waals surface area contributed by atoms with Crippen LogP contribution in [-0.2, 0) is 6.18 Å². The highest BCUT2D eigenvalue weighted by molar-refractivity contribution is 6.20. The van der Waals surface area contributed by atoms with Crippen molar-refractivity contribution in [3.8, 4) is 0 Å². The first kappa shape index (κ1) is 15.8. The molecule has 0 aliphatic heterocycles. The van der Waals surface area contributed by atoms with Crippen molar-refractivity contribution >= 4 is 17.5 Å². The van der Waals surface area contributed by atoms with E-state index in [-0.39, 0.29) is 10.9 Å². The van der Waals surface area contributed by atoms with Gasteiger partial charge in [0.1, 0.15) is 0 Å². The number of carbonyl (C=O) groups excluding carboxylic acids is 1. The molecule has 0 heterocycles. The average Bonchev–Trinajstić information content (AvgIpc) is 2.34. The van der Waals surface area contributed by atoms with Gasteiger partial charge in [0.2, 0.25) is 0 Å². The van der Waals surface area contributed by atoms with Crippen molar-refractivity contribution in [2.24, 2.45) is 0 Å². The number of carbonyl (C=O) groups is 1. The van der Waals surface area contributed by atoms with Crippen molar-refractivity contribution in [2.75, 3.05) is 13.6 Å². The summed E-state index contributed by atoms with van der Waals surface area (Å²) in [6.45, 7) is 2.08. The highest BCUT2D eigenvalue weighted by Gasteiger charge is 2.35. The Kier molecular flexibility index (Phi) is 5.23. The second-order valence-electron chi connectivity index (χ2n) is 4.34. The summed E-state index contributed by atoms with van der Waals surface area (Å²) in [5.74, 6) is -0.648. The van der Waals surface area contributed by atoms with E-state index in [2.05, 4.69) is 0 Å². The van der Waals surface area contributed by atoms with Crippen LogP contribution in [0.3, 0.4) is 0 Å². The van der Waals surface area contributed by atoms with Crippen LogP contribution in [0.25, 0.3) is 0 Å². The minimum absolute atomic E-state index is 0.131. The number of alkyl halides is 4. The minimum atomic E-state index is -4.53. The van der Waals surface area contributed by atoms with Crippen molar-refractivity contribution in [1.29, 1.82) is 0 Å². The SMILES string of the molecule is CC(Cl)CCN(C)C(=O)c1ccccc1C(F)(F)F. The summed E-state index contributed by atoms with van der Waals surface area (Å²) >= 11 is 5.76. The molecule has 0 aromatic heterocycles. The maximum atomic E-state index is 12.8. The van der Waals surface area contributed by atoms with Gasteiger partial charge < -0.3 is 4.90 Å². The van der Waals surface area contributed by atoms with Crippen LogP contribution >= 0.6 is 11.6 Å². The highest BCUT2D eigenvalue weighted by Crippen LogP contribution is 2.32. The second kappa shape index (κ2) is 6.28. The summed E-state index contributed by atoms with van der Waals surface area (Å²) in [4.78, 5) is 13.3. The zero-order valence-electron chi connectivity index (χ0n) is 10.7. The van der Waals surface area contributed by atoms with E-state index < -0.39 is 17.6 Å². The molecule has 1 unspecified atom stereocenters. The molecule has 0 aliphatic rings. The fourth-order valence-electron chi connectivity index (χ4n) is 1.60. The monoisotopic (exact) mass is 293 g/mol. The van der Waals surface area contributed by atoms with Gasteiger partial charge in [-0.3, -0.25) is 4.79 Å². The summed E-state index contributed by atoms with van der Waals surface area (Å²) in [6.07, 6.45) is -4.01.